The van der Waals surface area contributed by atoms with Crippen LogP contribution in [0, 0.1) is 0 Å². The first-order chi connectivity index (χ1) is 5.34. The summed E-state index contributed by atoms with van der Waals surface area (Å²) in [6.45, 7) is 0. The van der Waals surface area contributed by atoms with Crippen LogP contribution in [0.3, 0.4) is 0 Å². The quantitative estimate of drug-likeness (QED) is 0.492. The Hall–Kier alpha value is -0.673. The second-order valence-electron chi connectivity index (χ2n) is 2.09. The van der Waals surface area contributed by atoms with Crippen molar-refractivity contribution in [3.63, 3.8) is 0 Å². The molecule has 3 heteroatoms. The molecule has 0 spiro atoms. The third-order valence-corrected chi connectivity index (χ3v) is 1.93. The highest BCUT2D eigenvalue weighted by molar-refractivity contribution is 7.80. The fourth-order valence-electron chi connectivity index (χ4n) is 0.789. The molecule has 11 heavy (non-hydrogen) atoms. The predicted octanol–water partition coefficient (Wildman–Crippen LogP) is 0.702. The monoisotopic (exact) mass is 182 g/mol. The van der Waals surface area contributed by atoms with Crippen LogP contribution in [-0.4, -0.2) is 21.5 Å². The fourth-order valence-corrected chi connectivity index (χ4v) is 1.54. The Balaban J connectivity index is 2.69. The van der Waals surface area contributed by atoms with Crippen LogP contribution in [0.2, 0.25) is 0 Å². The van der Waals surface area contributed by atoms with Gasteiger partial charge in [0.25, 0.3) is 0 Å². The molecule has 0 saturated carbocycles. The summed E-state index contributed by atoms with van der Waals surface area (Å²) in [7, 11) is 1.03. The molecule has 0 aliphatic rings. The highest BCUT2D eigenvalue weighted by Crippen LogP contribution is 2.01. The van der Waals surface area contributed by atoms with Crippen LogP contribution >= 0.6 is 12.2 Å². The molecule has 1 rings (SSSR count). The molecule has 1 nitrogen and oxygen atoms in total. The van der Waals surface area contributed by atoms with Gasteiger partial charge in [0.15, 0.2) is 5.05 Å². The van der Waals surface area contributed by atoms with Crippen LogP contribution in [0.4, 0.5) is 0 Å². The van der Waals surface area contributed by atoms with Gasteiger partial charge in [-0.1, -0.05) is 30.3 Å². The summed E-state index contributed by atoms with van der Waals surface area (Å²) in [6.07, 6.45) is 0.772. The lowest BCUT2D eigenvalue weighted by Gasteiger charge is -2.03. The minimum absolute atomic E-state index is 0.612. The molecule has 0 aliphatic carbocycles. The number of thiocarbonyl (C=S) groups is 1. The molecule has 0 N–H and O–H groups in total. The zero-order valence-corrected chi connectivity index (χ0v) is 9.23. The van der Waals surface area contributed by atoms with Gasteiger partial charge < -0.3 is 4.74 Å². The minimum Gasteiger partial charge on any atom is -0.488 e. The van der Waals surface area contributed by atoms with E-state index in [0.29, 0.717) is 5.05 Å². The van der Waals surface area contributed by atoms with Gasteiger partial charge in [0.1, 0.15) is 0 Å². The second kappa shape index (κ2) is 4.26. The average molecular weight is 182 g/mol. The van der Waals surface area contributed by atoms with Gasteiger partial charge >= 0.3 is 0 Å². The maximum absolute atomic E-state index is 5.22. The molecule has 0 aromatic heterocycles. The SMILES string of the molecule is [SiH3]COC(=S)c1ccccc1. The molecule has 1 aromatic carbocycles. The summed E-state index contributed by atoms with van der Waals surface area (Å²) in [6, 6.07) is 9.79. The van der Waals surface area contributed by atoms with Crippen molar-refractivity contribution in [1.82, 2.24) is 0 Å². The van der Waals surface area contributed by atoms with Crippen molar-refractivity contribution in [2.75, 3.05) is 6.23 Å². The van der Waals surface area contributed by atoms with Gasteiger partial charge in [-0.2, -0.15) is 0 Å². The van der Waals surface area contributed by atoms with Crippen molar-refractivity contribution in [2.45, 2.75) is 0 Å². The van der Waals surface area contributed by atoms with E-state index in [1.807, 2.05) is 30.3 Å². The molecule has 0 radical (unpaired) electrons. The van der Waals surface area contributed by atoms with Gasteiger partial charge in [0.2, 0.25) is 0 Å². The van der Waals surface area contributed by atoms with Crippen molar-refractivity contribution in [2.24, 2.45) is 0 Å². The van der Waals surface area contributed by atoms with Crippen molar-refractivity contribution in [3.8, 4) is 0 Å². The second-order valence-corrected chi connectivity index (χ2v) is 3.03. The lowest BCUT2D eigenvalue weighted by molar-refractivity contribution is 0.387. The molecule has 1 aromatic rings. The van der Waals surface area contributed by atoms with Gasteiger partial charge in [-0.3, -0.25) is 0 Å². The van der Waals surface area contributed by atoms with E-state index in [0.717, 1.165) is 22.0 Å². The van der Waals surface area contributed by atoms with E-state index in [9.17, 15) is 0 Å². The molecule has 0 bridgehead atoms. The summed E-state index contributed by atoms with van der Waals surface area (Å²) in [4.78, 5) is 0. The molecule has 0 amide bonds. The summed E-state index contributed by atoms with van der Waals surface area (Å²) in [5.74, 6) is 0. The zero-order valence-electron chi connectivity index (χ0n) is 6.41. The van der Waals surface area contributed by atoms with E-state index in [1.165, 1.54) is 0 Å². The van der Waals surface area contributed by atoms with Gasteiger partial charge in [0.05, 0.1) is 16.5 Å². The first-order valence-corrected chi connectivity index (χ1v) is 5.39. The highest BCUT2D eigenvalue weighted by atomic mass is 32.1. The predicted molar refractivity (Wildman–Crippen MR) is 54.0 cm³/mol. The lowest BCUT2D eigenvalue weighted by atomic mass is 10.2. The van der Waals surface area contributed by atoms with Crippen LogP contribution in [0.1, 0.15) is 5.56 Å². The van der Waals surface area contributed by atoms with E-state index in [2.05, 4.69) is 0 Å². The van der Waals surface area contributed by atoms with E-state index in [-0.39, 0.29) is 0 Å². The molecule has 0 fully saturated rings. The standard InChI is InChI=1S/C8H10OSSi/c10-8(9-6-11)7-4-2-1-3-5-7/h1-5H,6H2,11H3. The maximum Gasteiger partial charge on any atom is 0.190 e. The van der Waals surface area contributed by atoms with Crippen LogP contribution < -0.4 is 0 Å². The Labute approximate surface area is 74.8 Å². The van der Waals surface area contributed by atoms with Gasteiger partial charge in [-0.15, -0.1) is 0 Å². The molecule has 0 heterocycles. The largest absolute Gasteiger partial charge is 0.488 e. The zero-order chi connectivity index (χ0) is 8.10. The van der Waals surface area contributed by atoms with Crippen LogP contribution in [0.5, 0.6) is 0 Å². The highest BCUT2D eigenvalue weighted by Gasteiger charge is 1.97. The Kier molecular flexibility index (Phi) is 3.26. The van der Waals surface area contributed by atoms with Crippen molar-refractivity contribution >= 4 is 27.5 Å². The molecule has 0 atom stereocenters. The lowest BCUT2D eigenvalue weighted by Crippen LogP contribution is -2.03. The van der Waals surface area contributed by atoms with Crippen LogP contribution in [0.15, 0.2) is 30.3 Å². The van der Waals surface area contributed by atoms with Gasteiger partial charge in [-0.05, 0) is 12.2 Å². The molecular formula is C8H10OSSi. The summed E-state index contributed by atoms with van der Waals surface area (Å²) in [5.41, 5.74) is 0.998. The van der Waals surface area contributed by atoms with Gasteiger partial charge in [-0.25, -0.2) is 0 Å². The third kappa shape index (κ3) is 2.44. The van der Waals surface area contributed by atoms with Crippen molar-refractivity contribution in [1.29, 1.82) is 0 Å². The van der Waals surface area contributed by atoms with E-state index in [1.54, 1.807) is 0 Å². The first-order valence-electron chi connectivity index (χ1n) is 3.56. The van der Waals surface area contributed by atoms with Crippen LogP contribution in [0.25, 0.3) is 0 Å². The molecular weight excluding hydrogens is 172 g/mol. The smallest absolute Gasteiger partial charge is 0.190 e. The Bertz CT molecular complexity index is 235. The third-order valence-electron chi connectivity index (χ3n) is 1.28. The van der Waals surface area contributed by atoms with Gasteiger partial charge in [0, 0.05) is 5.56 Å². The fraction of sp³-hybridized carbons (Fsp3) is 0.125. The number of rotatable bonds is 2. The van der Waals surface area contributed by atoms with E-state index >= 15 is 0 Å². The van der Waals surface area contributed by atoms with Crippen molar-refractivity contribution < 1.29 is 4.74 Å². The first kappa shape index (κ1) is 8.42. The Morgan fingerprint density at radius 2 is 2.00 bits per heavy atom. The number of ether oxygens (including phenoxy) is 1. The summed E-state index contributed by atoms with van der Waals surface area (Å²) < 4.78 is 5.22. The average Bonchev–Trinajstić information content (AvgIpc) is 2.07. The molecule has 0 aliphatic heterocycles. The minimum atomic E-state index is 0.612. The van der Waals surface area contributed by atoms with E-state index < -0.39 is 0 Å². The Morgan fingerprint density at radius 1 is 1.36 bits per heavy atom. The molecule has 58 valence electrons. The van der Waals surface area contributed by atoms with Crippen LogP contribution in [-0.2, 0) is 4.74 Å². The maximum atomic E-state index is 5.22. The number of hydrogen-bond acceptors (Lipinski definition) is 2. The normalized spacial score (nSPS) is 9.45. The molecule has 0 saturated heterocycles. The van der Waals surface area contributed by atoms with Crippen molar-refractivity contribution in [3.05, 3.63) is 35.9 Å². The summed E-state index contributed by atoms with van der Waals surface area (Å²) in [5, 5.41) is 0.612. The summed E-state index contributed by atoms with van der Waals surface area (Å²) >= 11 is 5.02. The number of benzene rings is 1. The van der Waals surface area contributed by atoms with E-state index in [4.69, 9.17) is 17.0 Å². The Morgan fingerprint density at radius 3 is 2.55 bits per heavy atom. The topological polar surface area (TPSA) is 9.23 Å². The number of hydrogen-bond donors (Lipinski definition) is 0. The molecule has 0 unspecified atom stereocenters.